The first-order valence-corrected chi connectivity index (χ1v) is 8.70. The van der Waals surface area contributed by atoms with Gasteiger partial charge in [-0.15, -0.1) is 0 Å². The Morgan fingerprint density at radius 2 is 1.43 bits per heavy atom. The van der Waals surface area contributed by atoms with E-state index in [0.29, 0.717) is 16.9 Å². The second-order valence-corrected chi connectivity index (χ2v) is 6.14. The second kappa shape index (κ2) is 7.53. The number of nitrogens with zero attached hydrogens (tertiary/aromatic N) is 4. The lowest BCUT2D eigenvalue weighted by molar-refractivity contribution is 1.21. The minimum Gasteiger partial charge on any atom is -0.252 e. The van der Waals surface area contributed by atoms with Crippen molar-refractivity contribution in [2.24, 2.45) is 0 Å². The maximum absolute atomic E-state index is 9.14. The molecule has 0 saturated carbocycles. The van der Waals surface area contributed by atoms with Gasteiger partial charge in [0.2, 0.25) is 5.69 Å². The number of aromatic nitrogens is 2. The predicted octanol–water partition coefficient (Wildman–Crippen LogP) is 5.90. The van der Waals surface area contributed by atoms with Gasteiger partial charge < -0.3 is 0 Å². The molecule has 0 atom stereocenters. The molecule has 28 heavy (non-hydrogen) atoms. The number of hydrogen-bond donors (Lipinski definition) is 0. The standard InChI is InChI=1S/C24H14N4/c1-26-21-14-19(12-13-20(21)15-25)22-16-27-23(17-8-4-2-5-9-17)24(28-22)18-10-6-3-7-11-18/h2-14,16H. The third-order valence-electron chi connectivity index (χ3n) is 4.40. The molecule has 0 bridgehead atoms. The van der Waals surface area contributed by atoms with E-state index in [1.807, 2.05) is 66.7 Å². The molecule has 0 aliphatic heterocycles. The third-order valence-corrected chi connectivity index (χ3v) is 4.40. The van der Waals surface area contributed by atoms with Crippen molar-refractivity contribution in [3.05, 3.63) is 102 Å². The highest BCUT2D eigenvalue weighted by atomic mass is 14.8. The average molecular weight is 358 g/mol. The molecule has 3 aromatic carbocycles. The minimum absolute atomic E-state index is 0.315. The van der Waals surface area contributed by atoms with Crippen molar-refractivity contribution in [1.29, 1.82) is 5.26 Å². The molecule has 130 valence electrons. The largest absolute Gasteiger partial charge is 0.252 e. The van der Waals surface area contributed by atoms with Gasteiger partial charge in [0.15, 0.2) is 0 Å². The van der Waals surface area contributed by atoms with Gasteiger partial charge in [0.1, 0.15) is 0 Å². The van der Waals surface area contributed by atoms with Crippen LogP contribution in [-0.2, 0) is 0 Å². The smallest absolute Gasteiger partial charge is 0.205 e. The summed E-state index contributed by atoms with van der Waals surface area (Å²) in [4.78, 5) is 13.0. The molecule has 0 saturated heterocycles. The molecule has 0 spiro atoms. The molecule has 1 aromatic heterocycles. The molecule has 4 heteroatoms. The van der Waals surface area contributed by atoms with Crippen molar-refractivity contribution < 1.29 is 0 Å². The lowest BCUT2D eigenvalue weighted by Gasteiger charge is -2.11. The van der Waals surface area contributed by atoms with Gasteiger partial charge in [-0.1, -0.05) is 72.8 Å². The summed E-state index contributed by atoms with van der Waals surface area (Å²) >= 11 is 0. The molecule has 0 N–H and O–H groups in total. The van der Waals surface area contributed by atoms with Crippen LogP contribution < -0.4 is 0 Å². The first kappa shape index (κ1) is 17.1. The summed E-state index contributed by atoms with van der Waals surface area (Å²) < 4.78 is 0. The van der Waals surface area contributed by atoms with Crippen LogP contribution in [0.3, 0.4) is 0 Å². The molecule has 4 nitrogen and oxygen atoms in total. The van der Waals surface area contributed by atoms with E-state index in [2.05, 4.69) is 4.85 Å². The third kappa shape index (κ3) is 3.23. The summed E-state index contributed by atoms with van der Waals surface area (Å²) in [5, 5.41) is 9.14. The Morgan fingerprint density at radius 3 is 2.04 bits per heavy atom. The van der Waals surface area contributed by atoms with E-state index < -0.39 is 0 Å². The van der Waals surface area contributed by atoms with E-state index in [0.717, 1.165) is 28.1 Å². The van der Waals surface area contributed by atoms with Crippen molar-refractivity contribution in [3.63, 3.8) is 0 Å². The van der Waals surface area contributed by atoms with Gasteiger partial charge in [-0.05, 0) is 11.6 Å². The molecule has 1 heterocycles. The molecule has 0 amide bonds. The van der Waals surface area contributed by atoms with Crippen molar-refractivity contribution in [1.82, 2.24) is 9.97 Å². The monoisotopic (exact) mass is 358 g/mol. The molecule has 0 fully saturated rings. The fourth-order valence-corrected chi connectivity index (χ4v) is 3.01. The molecule has 0 radical (unpaired) electrons. The van der Waals surface area contributed by atoms with Gasteiger partial charge in [0, 0.05) is 11.1 Å². The summed E-state index contributed by atoms with van der Waals surface area (Å²) in [5.74, 6) is 0. The van der Waals surface area contributed by atoms with Crippen LogP contribution in [0.5, 0.6) is 0 Å². The van der Waals surface area contributed by atoms with E-state index in [4.69, 9.17) is 21.8 Å². The molecule has 0 aliphatic carbocycles. The van der Waals surface area contributed by atoms with Crippen molar-refractivity contribution in [2.45, 2.75) is 0 Å². The van der Waals surface area contributed by atoms with Crippen LogP contribution in [0.2, 0.25) is 0 Å². The molecule has 4 rings (SSSR count). The Balaban J connectivity index is 1.91. The normalized spacial score (nSPS) is 10.1. The minimum atomic E-state index is 0.315. The van der Waals surface area contributed by atoms with Crippen LogP contribution in [0.25, 0.3) is 38.6 Å². The first-order valence-electron chi connectivity index (χ1n) is 8.70. The maximum atomic E-state index is 9.14. The number of nitriles is 1. The van der Waals surface area contributed by atoms with Crippen molar-refractivity contribution in [2.75, 3.05) is 0 Å². The van der Waals surface area contributed by atoms with Gasteiger partial charge >= 0.3 is 0 Å². The Labute approximate surface area is 163 Å². The van der Waals surface area contributed by atoms with Crippen LogP contribution in [0.15, 0.2) is 85.1 Å². The highest BCUT2D eigenvalue weighted by molar-refractivity contribution is 5.80. The van der Waals surface area contributed by atoms with E-state index in [1.54, 1.807) is 24.4 Å². The van der Waals surface area contributed by atoms with Gasteiger partial charge in [0.05, 0.1) is 41.5 Å². The van der Waals surface area contributed by atoms with Gasteiger partial charge in [-0.2, -0.15) is 5.26 Å². The van der Waals surface area contributed by atoms with Crippen LogP contribution in [0.1, 0.15) is 5.56 Å². The zero-order valence-corrected chi connectivity index (χ0v) is 14.9. The van der Waals surface area contributed by atoms with Crippen LogP contribution in [0.4, 0.5) is 5.69 Å². The topological polar surface area (TPSA) is 53.9 Å². The summed E-state index contributed by atoms with van der Waals surface area (Å²) in [7, 11) is 0. The summed E-state index contributed by atoms with van der Waals surface area (Å²) in [5.41, 5.74) is 5.62. The molecule has 4 aromatic rings. The highest BCUT2D eigenvalue weighted by Gasteiger charge is 2.14. The van der Waals surface area contributed by atoms with Crippen LogP contribution in [-0.4, -0.2) is 9.97 Å². The SMILES string of the molecule is [C-]#[N+]c1cc(-c2cnc(-c3ccccc3)c(-c3ccccc3)n2)ccc1C#N. The fraction of sp³-hybridized carbons (Fsp3) is 0. The van der Waals surface area contributed by atoms with Gasteiger partial charge in [-0.25, -0.2) is 9.83 Å². The Kier molecular flexibility index (Phi) is 4.61. The Bertz CT molecular complexity index is 1220. The van der Waals surface area contributed by atoms with Crippen LogP contribution >= 0.6 is 0 Å². The lowest BCUT2D eigenvalue weighted by atomic mass is 10.0. The lowest BCUT2D eigenvalue weighted by Crippen LogP contribution is -1.96. The number of benzene rings is 3. The van der Waals surface area contributed by atoms with Crippen molar-refractivity contribution >= 4 is 5.69 Å². The van der Waals surface area contributed by atoms with Crippen LogP contribution in [0, 0.1) is 17.9 Å². The molecule has 0 unspecified atom stereocenters. The highest BCUT2D eigenvalue weighted by Crippen LogP contribution is 2.32. The van der Waals surface area contributed by atoms with E-state index in [1.165, 1.54) is 0 Å². The zero-order chi connectivity index (χ0) is 19.3. The summed E-state index contributed by atoms with van der Waals surface area (Å²) in [6.07, 6.45) is 1.71. The van der Waals surface area contributed by atoms with E-state index in [9.17, 15) is 0 Å². The Morgan fingerprint density at radius 1 is 0.786 bits per heavy atom. The van der Waals surface area contributed by atoms with E-state index in [-0.39, 0.29) is 0 Å². The van der Waals surface area contributed by atoms with Gasteiger partial charge in [-0.3, -0.25) is 4.98 Å². The molecular weight excluding hydrogens is 344 g/mol. The Hall–Kier alpha value is -4.28. The number of hydrogen-bond acceptors (Lipinski definition) is 3. The van der Waals surface area contributed by atoms with Crippen molar-refractivity contribution in [3.8, 4) is 39.8 Å². The van der Waals surface area contributed by atoms with Gasteiger partial charge in [0.25, 0.3) is 0 Å². The fourth-order valence-electron chi connectivity index (χ4n) is 3.01. The average Bonchev–Trinajstić information content (AvgIpc) is 2.79. The zero-order valence-electron chi connectivity index (χ0n) is 14.9. The predicted molar refractivity (Wildman–Crippen MR) is 109 cm³/mol. The number of rotatable bonds is 3. The molecular formula is C24H14N4. The second-order valence-electron chi connectivity index (χ2n) is 6.14. The maximum Gasteiger partial charge on any atom is 0.205 e. The summed E-state index contributed by atoms with van der Waals surface area (Å²) in [6.45, 7) is 7.31. The van der Waals surface area contributed by atoms with E-state index >= 15 is 0 Å². The quantitative estimate of drug-likeness (QED) is 0.428. The molecule has 0 aliphatic rings. The first-order chi connectivity index (χ1) is 13.8. The summed E-state index contributed by atoms with van der Waals surface area (Å²) in [6, 6.07) is 27.0.